The minimum atomic E-state index is -0.178. The van der Waals surface area contributed by atoms with Crippen LogP contribution in [0, 0.1) is 0 Å². The number of azo groups is 1. The van der Waals surface area contributed by atoms with Crippen molar-refractivity contribution in [3.8, 4) is 0 Å². The van der Waals surface area contributed by atoms with Crippen LogP contribution in [0.2, 0.25) is 0 Å². The second-order valence-corrected chi connectivity index (χ2v) is 3.72. The number of rotatable bonds is 1. The lowest BCUT2D eigenvalue weighted by atomic mass is 10.2. The number of benzene rings is 1. The summed E-state index contributed by atoms with van der Waals surface area (Å²) in [6.45, 7) is 0. The Labute approximate surface area is 91.7 Å². The molecule has 0 fully saturated rings. The molecule has 16 heavy (non-hydrogen) atoms. The van der Waals surface area contributed by atoms with Crippen LogP contribution in [0.4, 0.5) is 0 Å². The predicted octanol–water partition coefficient (Wildman–Crippen LogP) is 2.89. The van der Waals surface area contributed by atoms with Crippen molar-refractivity contribution >= 4 is 22.9 Å². The average Bonchev–Trinajstić information content (AvgIpc) is 2.84. The maximum absolute atomic E-state index is 10.9. The van der Waals surface area contributed by atoms with Gasteiger partial charge in [0.15, 0.2) is 0 Å². The third-order valence-corrected chi connectivity index (χ3v) is 2.50. The Morgan fingerprint density at radius 2 is 2.12 bits per heavy atom. The van der Waals surface area contributed by atoms with Gasteiger partial charge in [-0.05, 0) is 23.6 Å². The van der Waals surface area contributed by atoms with Crippen LogP contribution in [0.15, 0.2) is 46.3 Å². The molecule has 0 bridgehead atoms. The molecule has 78 valence electrons. The highest BCUT2D eigenvalue weighted by molar-refractivity contribution is 5.85. The first-order valence-electron chi connectivity index (χ1n) is 5.04. The number of hydrogen-bond donors (Lipinski definition) is 1. The van der Waals surface area contributed by atoms with Gasteiger partial charge < -0.3 is 4.98 Å². The Morgan fingerprint density at radius 1 is 1.25 bits per heavy atom. The van der Waals surface area contributed by atoms with Crippen LogP contribution in [0.5, 0.6) is 0 Å². The number of fused-ring (bicyclic) bond motifs is 1. The Kier molecular flexibility index (Phi) is 1.93. The quantitative estimate of drug-likeness (QED) is 0.774. The van der Waals surface area contributed by atoms with Crippen LogP contribution in [-0.2, 0) is 4.79 Å². The van der Waals surface area contributed by atoms with Crippen molar-refractivity contribution in [2.24, 2.45) is 10.2 Å². The molecule has 4 nitrogen and oxygen atoms in total. The van der Waals surface area contributed by atoms with E-state index in [2.05, 4.69) is 15.2 Å². The summed E-state index contributed by atoms with van der Waals surface area (Å²) >= 11 is 0. The molecule has 0 unspecified atom stereocenters. The molecule has 1 N–H and O–H groups in total. The van der Waals surface area contributed by atoms with Gasteiger partial charge in [0.25, 0.3) is 5.91 Å². The average molecular weight is 211 g/mol. The van der Waals surface area contributed by atoms with E-state index in [9.17, 15) is 4.79 Å². The summed E-state index contributed by atoms with van der Waals surface area (Å²) in [5.74, 6) is -0.178. The van der Waals surface area contributed by atoms with Crippen LogP contribution < -0.4 is 0 Å². The standard InChI is InChI=1S/C12H9N3O/c16-12-7-10(14-15-12)6-9-5-8-3-1-2-4-11(8)13-9/h1-6,13H,7H2. The lowest BCUT2D eigenvalue weighted by Gasteiger charge is -1.87. The van der Waals surface area contributed by atoms with E-state index >= 15 is 0 Å². The summed E-state index contributed by atoms with van der Waals surface area (Å²) < 4.78 is 0. The van der Waals surface area contributed by atoms with E-state index in [0.29, 0.717) is 12.1 Å². The van der Waals surface area contributed by atoms with Gasteiger partial charge in [0.05, 0.1) is 12.1 Å². The number of H-pyrrole nitrogens is 1. The van der Waals surface area contributed by atoms with Gasteiger partial charge in [0.2, 0.25) is 0 Å². The molecule has 0 aliphatic carbocycles. The largest absolute Gasteiger partial charge is 0.355 e. The lowest BCUT2D eigenvalue weighted by molar-refractivity contribution is -0.116. The van der Waals surface area contributed by atoms with Gasteiger partial charge in [0, 0.05) is 11.2 Å². The third kappa shape index (κ3) is 1.54. The molecule has 0 spiro atoms. The molecule has 0 atom stereocenters. The fourth-order valence-electron chi connectivity index (χ4n) is 1.78. The Bertz CT molecular complexity index is 589. The van der Waals surface area contributed by atoms with E-state index in [4.69, 9.17) is 0 Å². The van der Waals surface area contributed by atoms with Gasteiger partial charge in [0.1, 0.15) is 0 Å². The first kappa shape index (κ1) is 9.03. The molecule has 3 rings (SSSR count). The van der Waals surface area contributed by atoms with Crippen molar-refractivity contribution in [3.05, 3.63) is 41.7 Å². The molecular formula is C12H9N3O. The number of carbonyl (C=O) groups is 1. The summed E-state index contributed by atoms with van der Waals surface area (Å²) in [5, 5.41) is 8.42. The van der Waals surface area contributed by atoms with Crippen LogP contribution >= 0.6 is 0 Å². The summed E-state index contributed by atoms with van der Waals surface area (Å²) in [4.78, 5) is 14.2. The Hall–Kier alpha value is -2.23. The zero-order chi connectivity index (χ0) is 11.0. The van der Waals surface area contributed by atoms with E-state index in [0.717, 1.165) is 16.6 Å². The SMILES string of the molecule is O=C1CC(=Cc2cc3ccccc3[nH]2)N=N1. The van der Waals surface area contributed by atoms with Gasteiger partial charge in [-0.15, -0.1) is 5.11 Å². The zero-order valence-corrected chi connectivity index (χ0v) is 8.47. The summed E-state index contributed by atoms with van der Waals surface area (Å²) in [6.07, 6.45) is 2.16. The second kappa shape index (κ2) is 3.41. The van der Waals surface area contributed by atoms with Gasteiger partial charge in [-0.25, -0.2) is 0 Å². The normalized spacial score (nSPS) is 17.8. The highest BCUT2D eigenvalue weighted by Crippen LogP contribution is 2.20. The number of aromatic nitrogens is 1. The van der Waals surface area contributed by atoms with Crippen LogP contribution in [0.3, 0.4) is 0 Å². The first-order chi connectivity index (χ1) is 7.81. The number of nitrogens with zero attached hydrogens (tertiary/aromatic N) is 2. The summed E-state index contributed by atoms with van der Waals surface area (Å²) in [7, 11) is 0. The first-order valence-corrected chi connectivity index (χ1v) is 5.04. The van der Waals surface area contributed by atoms with Gasteiger partial charge in [-0.3, -0.25) is 4.79 Å². The number of carbonyl (C=O) groups excluding carboxylic acids is 1. The highest BCUT2D eigenvalue weighted by atomic mass is 16.2. The van der Waals surface area contributed by atoms with Crippen LogP contribution in [0.1, 0.15) is 12.1 Å². The van der Waals surface area contributed by atoms with Crippen molar-refractivity contribution in [1.82, 2.24) is 4.98 Å². The van der Waals surface area contributed by atoms with Crippen molar-refractivity contribution in [2.75, 3.05) is 0 Å². The zero-order valence-electron chi connectivity index (χ0n) is 8.47. The number of amides is 1. The lowest BCUT2D eigenvalue weighted by Crippen LogP contribution is -1.84. The summed E-state index contributed by atoms with van der Waals surface area (Å²) in [5.41, 5.74) is 2.73. The topological polar surface area (TPSA) is 57.6 Å². The van der Waals surface area contributed by atoms with E-state index in [1.54, 1.807) is 0 Å². The molecule has 1 aromatic carbocycles. The molecule has 1 amide bonds. The van der Waals surface area contributed by atoms with Gasteiger partial charge in [-0.1, -0.05) is 18.2 Å². The van der Waals surface area contributed by atoms with Crippen LogP contribution in [-0.4, -0.2) is 10.9 Å². The van der Waals surface area contributed by atoms with Crippen molar-refractivity contribution < 1.29 is 4.79 Å². The molecule has 4 heteroatoms. The molecule has 0 saturated heterocycles. The van der Waals surface area contributed by atoms with E-state index in [1.807, 2.05) is 36.4 Å². The van der Waals surface area contributed by atoms with Gasteiger partial charge >= 0.3 is 0 Å². The van der Waals surface area contributed by atoms with Crippen molar-refractivity contribution in [2.45, 2.75) is 6.42 Å². The molecule has 1 aromatic heterocycles. The monoisotopic (exact) mass is 211 g/mol. The van der Waals surface area contributed by atoms with Crippen molar-refractivity contribution in [3.63, 3.8) is 0 Å². The number of para-hydroxylation sites is 1. The number of nitrogens with one attached hydrogen (secondary N) is 1. The fraction of sp³-hybridized carbons (Fsp3) is 0.0833. The molecular weight excluding hydrogens is 202 g/mol. The minimum Gasteiger partial charge on any atom is -0.355 e. The Morgan fingerprint density at radius 3 is 2.88 bits per heavy atom. The van der Waals surface area contributed by atoms with E-state index in [-0.39, 0.29) is 5.91 Å². The van der Waals surface area contributed by atoms with Crippen molar-refractivity contribution in [1.29, 1.82) is 0 Å². The second-order valence-electron chi connectivity index (χ2n) is 3.72. The summed E-state index contributed by atoms with van der Waals surface area (Å²) in [6, 6.07) is 10.1. The maximum atomic E-state index is 10.9. The fourth-order valence-corrected chi connectivity index (χ4v) is 1.78. The molecule has 0 radical (unpaired) electrons. The van der Waals surface area contributed by atoms with Crippen LogP contribution in [0.25, 0.3) is 17.0 Å². The molecule has 1 aliphatic rings. The molecule has 2 heterocycles. The number of hydrogen-bond acceptors (Lipinski definition) is 2. The number of aromatic amines is 1. The maximum Gasteiger partial charge on any atom is 0.270 e. The minimum absolute atomic E-state index is 0.178. The highest BCUT2D eigenvalue weighted by Gasteiger charge is 2.12. The third-order valence-electron chi connectivity index (χ3n) is 2.50. The Balaban J connectivity index is 2.01. The predicted molar refractivity (Wildman–Crippen MR) is 60.8 cm³/mol. The molecule has 2 aromatic rings. The molecule has 0 saturated carbocycles. The molecule has 1 aliphatic heterocycles. The van der Waals surface area contributed by atoms with E-state index in [1.165, 1.54) is 0 Å². The smallest absolute Gasteiger partial charge is 0.270 e. The van der Waals surface area contributed by atoms with E-state index < -0.39 is 0 Å². The van der Waals surface area contributed by atoms with Gasteiger partial charge in [-0.2, -0.15) is 5.11 Å².